The zero-order valence-corrected chi connectivity index (χ0v) is 7.10. The third-order valence-electron chi connectivity index (χ3n) is 1.25. The molecule has 2 unspecified atom stereocenters. The second-order valence-electron chi connectivity index (χ2n) is 2.39. The molecule has 0 rings (SSSR count). The third-order valence-corrected chi connectivity index (χ3v) is 1.25. The highest BCUT2D eigenvalue weighted by Crippen LogP contribution is 1.98. The van der Waals surface area contributed by atoms with Crippen LogP contribution in [0.3, 0.4) is 0 Å². The van der Waals surface area contributed by atoms with Crippen LogP contribution in [0.5, 0.6) is 0 Å². The number of carbonyl (C=O) groups excluding carboxylic acids is 2. The number of aliphatic hydroxyl groups excluding tert-OH is 2. The Bertz CT molecular complexity index is 189. The maximum absolute atomic E-state index is 10.7. The standard InChI is InChI=1S/C7H12O6/c1-2-5(9)13-6(10)3-4(8)7(11)12/h4-5,8-9H,2-3H2,1H3,(H,11,12)/p-1. The van der Waals surface area contributed by atoms with Gasteiger partial charge in [0.25, 0.3) is 0 Å². The molecule has 0 radical (unpaired) electrons. The Hall–Kier alpha value is -1.14. The fraction of sp³-hybridized carbons (Fsp3) is 0.714. The molecule has 0 saturated carbocycles. The van der Waals surface area contributed by atoms with Gasteiger partial charge in [-0.1, -0.05) is 6.92 Å². The number of carboxylic acid groups (broad SMARTS) is 1. The van der Waals surface area contributed by atoms with E-state index < -0.39 is 30.8 Å². The molecular weight excluding hydrogens is 180 g/mol. The van der Waals surface area contributed by atoms with Crippen LogP contribution in [0.2, 0.25) is 0 Å². The Morgan fingerprint density at radius 2 is 2.00 bits per heavy atom. The van der Waals surface area contributed by atoms with E-state index in [1.807, 2.05) is 0 Å². The quantitative estimate of drug-likeness (QED) is 0.376. The summed E-state index contributed by atoms with van der Waals surface area (Å²) in [5, 5.41) is 27.4. The van der Waals surface area contributed by atoms with Gasteiger partial charge in [0.15, 0.2) is 6.29 Å². The molecule has 76 valence electrons. The number of hydrogen-bond donors (Lipinski definition) is 2. The summed E-state index contributed by atoms with van der Waals surface area (Å²) in [6.07, 6.45) is -3.68. The minimum absolute atomic E-state index is 0.202. The van der Waals surface area contributed by atoms with Crippen molar-refractivity contribution >= 4 is 11.9 Å². The molecular formula is C7H11O6-. The SMILES string of the molecule is CCC(O)OC(=O)CC(O)C(=O)[O-]. The smallest absolute Gasteiger partial charge is 0.311 e. The van der Waals surface area contributed by atoms with Crippen molar-refractivity contribution in [1.82, 2.24) is 0 Å². The zero-order chi connectivity index (χ0) is 10.4. The lowest BCUT2D eigenvalue weighted by atomic mass is 10.2. The van der Waals surface area contributed by atoms with E-state index >= 15 is 0 Å². The Morgan fingerprint density at radius 3 is 2.38 bits per heavy atom. The van der Waals surface area contributed by atoms with Crippen molar-refractivity contribution in [1.29, 1.82) is 0 Å². The number of ether oxygens (including phenoxy) is 1. The molecule has 0 amide bonds. The van der Waals surface area contributed by atoms with E-state index in [-0.39, 0.29) is 6.42 Å². The molecule has 0 aliphatic rings. The van der Waals surface area contributed by atoms with Gasteiger partial charge in [0.1, 0.15) is 6.10 Å². The average molecular weight is 191 g/mol. The number of aliphatic carboxylic acids is 1. The largest absolute Gasteiger partial charge is 0.547 e. The first-order valence-electron chi connectivity index (χ1n) is 3.73. The minimum atomic E-state index is -1.89. The summed E-state index contributed by atoms with van der Waals surface area (Å²) in [6, 6.07) is 0. The Labute approximate surface area is 74.7 Å². The second kappa shape index (κ2) is 5.50. The van der Waals surface area contributed by atoms with Gasteiger partial charge in [-0.2, -0.15) is 0 Å². The summed E-state index contributed by atoms with van der Waals surface area (Å²) >= 11 is 0. The summed E-state index contributed by atoms with van der Waals surface area (Å²) in [5.74, 6) is -2.73. The topological polar surface area (TPSA) is 107 Å². The van der Waals surface area contributed by atoms with E-state index in [1.54, 1.807) is 6.92 Å². The number of esters is 1. The predicted octanol–water partition coefficient (Wildman–Crippen LogP) is -2.24. The molecule has 0 spiro atoms. The Kier molecular flexibility index (Phi) is 5.01. The maximum atomic E-state index is 10.7. The number of carbonyl (C=O) groups is 2. The molecule has 0 aromatic rings. The molecule has 0 fully saturated rings. The van der Waals surface area contributed by atoms with Crippen LogP contribution in [-0.4, -0.2) is 34.5 Å². The molecule has 6 heteroatoms. The fourth-order valence-electron chi connectivity index (χ4n) is 0.524. The van der Waals surface area contributed by atoms with Crippen LogP contribution < -0.4 is 5.11 Å². The van der Waals surface area contributed by atoms with Crippen molar-refractivity contribution in [3.63, 3.8) is 0 Å². The van der Waals surface area contributed by atoms with Crippen LogP contribution in [0, 0.1) is 0 Å². The first kappa shape index (κ1) is 11.9. The summed E-state index contributed by atoms with van der Waals surface area (Å²) < 4.78 is 4.29. The summed E-state index contributed by atoms with van der Waals surface area (Å²) in [5.41, 5.74) is 0. The van der Waals surface area contributed by atoms with Gasteiger partial charge in [-0.15, -0.1) is 0 Å². The first-order valence-corrected chi connectivity index (χ1v) is 3.73. The summed E-state index contributed by atoms with van der Waals surface area (Å²) in [6.45, 7) is 1.58. The monoisotopic (exact) mass is 191 g/mol. The van der Waals surface area contributed by atoms with Gasteiger partial charge in [-0.25, -0.2) is 0 Å². The van der Waals surface area contributed by atoms with Crippen molar-refractivity contribution in [3.05, 3.63) is 0 Å². The highest BCUT2D eigenvalue weighted by atomic mass is 16.6. The second-order valence-corrected chi connectivity index (χ2v) is 2.39. The van der Waals surface area contributed by atoms with Crippen LogP contribution in [0.1, 0.15) is 19.8 Å². The first-order chi connectivity index (χ1) is 5.97. The molecule has 0 saturated heterocycles. The molecule has 0 aliphatic carbocycles. The maximum Gasteiger partial charge on any atom is 0.311 e. The van der Waals surface area contributed by atoms with E-state index in [4.69, 9.17) is 10.2 Å². The molecule has 2 N–H and O–H groups in total. The van der Waals surface area contributed by atoms with Crippen molar-refractivity contribution in [2.24, 2.45) is 0 Å². The van der Waals surface area contributed by atoms with Crippen molar-refractivity contribution in [2.45, 2.75) is 32.2 Å². The van der Waals surface area contributed by atoms with E-state index in [1.165, 1.54) is 0 Å². The highest BCUT2D eigenvalue weighted by molar-refractivity contribution is 5.79. The van der Waals surface area contributed by atoms with Gasteiger partial charge in [0.2, 0.25) is 0 Å². The highest BCUT2D eigenvalue weighted by Gasteiger charge is 2.15. The lowest BCUT2D eigenvalue weighted by Gasteiger charge is -2.13. The molecule has 0 aromatic carbocycles. The van der Waals surface area contributed by atoms with E-state index in [0.29, 0.717) is 0 Å². The molecule has 6 nitrogen and oxygen atoms in total. The fourth-order valence-corrected chi connectivity index (χ4v) is 0.524. The van der Waals surface area contributed by atoms with Crippen LogP contribution in [0.25, 0.3) is 0 Å². The lowest BCUT2D eigenvalue weighted by Crippen LogP contribution is -2.37. The van der Waals surface area contributed by atoms with E-state index in [0.717, 1.165) is 0 Å². The summed E-state index contributed by atoms with van der Waals surface area (Å²) in [7, 11) is 0. The predicted molar refractivity (Wildman–Crippen MR) is 38.0 cm³/mol. The zero-order valence-electron chi connectivity index (χ0n) is 7.10. The average Bonchev–Trinajstić information content (AvgIpc) is 2.03. The van der Waals surface area contributed by atoms with Crippen molar-refractivity contribution in [2.75, 3.05) is 0 Å². The van der Waals surface area contributed by atoms with Gasteiger partial charge >= 0.3 is 5.97 Å². The van der Waals surface area contributed by atoms with Gasteiger partial charge in [0, 0.05) is 6.42 Å². The lowest BCUT2D eigenvalue weighted by molar-refractivity contribution is -0.315. The van der Waals surface area contributed by atoms with Crippen LogP contribution in [0.4, 0.5) is 0 Å². The van der Waals surface area contributed by atoms with Crippen molar-refractivity contribution < 1.29 is 29.6 Å². The van der Waals surface area contributed by atoms with Gasteiger partial charge < -0.3 is 24.9 Å². The van der Waals surface area contributed by atoms with Crippen LogP contribution >= 0.6 is 0 Å². The number of hydrogen-bond acceptors (Lipinski definition) is 6. The molecule has 13 heavy (non-hydrogen) atoms. The van der Waals surface area contributed by atoms with Gasteiger partial charge in [0.05, 0.1) is 12.4 Å². The molecule has 0 aliphatic heterocycles. The van der Waals surface area contributed by atoms with E-state index in [2.05, 4.69) is 4.74 Å². The minimum Gasteiger partial charge on any atom is -0.547 e. The number of aliphatic hydroxyl groups is 2. The number of carboxylic acids is 1. The van der Waals surface area contributed by atoms with E-state index in [9.17, 15) is 14.7 Å². The summed E-state index contributed by atoms with van der Waals surface area (Å²) in [4.78, 5) is 20.7. The Morgan fingerprint density at radius 1 is 1.46 bits per heavy atom. The van der Waals surface area contributed by atoms with Crippen LogP contribution in [0.15, 0.2) is 0 Å². The third kappa shape index (κ3) is 5.15. The number of rotatable bonds is 5. The molecule has 2 atom stereocenters. The molecule has 0 bridgehead atoms. The van der Waals surface area contributed by atoms with Crippen molar-refractivity contribution in [3.8, 4) is 0 Å². The Balaban J connectivity index is 3.81. The van der Waals surface area contributed by atoms with Gasteiger partial charge in [-0.3, -0.25) is 4.79 Å². The van der Waals surface area contributed by atoms with Crippen LogP contribution in [-0.2, 0) is 14.3 Å². The normalized spacial score (nSPS) is 14.7. The molecule has 0 aromatic heterocycles. The van der Waals surface area contributed by atoms with Gasteiger partial charge in [-0.05, 0) is 0 Å². The molecule has 0 heterocycles.